The molecule has 112 valence electrons. The summed E-state index contributed by atoms with van der Waals surface area (Å²) in [7, 11) is 3.90. The quantitative estimate of drug-likeness (QED) is 0.601. The van der Waals surface area contributed by atoms with Gasteiger partial charge in [-0.15, -0.1) is 0 Å². The van der Waals surface area contributed by atoms with Gasteiger partial charge in [0, 0.05) is 13.7 Å². The normalized spacial score (nSPS) is 14.0. The third-order valence-corrected chi connectivity index (χ3v) is 2.65. The molecule has 0 aliphatic rings. The van der Waals surface area contributed by atoms with E-state index in [-0.39, 0.29) is 6.10 Å². The summed E-state index contributed by atoms with van der Waals surface area (Å²) in [6.45, 7) is 14.4. The Morgan fingerprint density at radius 2 is 1.72 bits per heavy atom. The lowest BCUT2D eigenvalue weighted by atomic mass is 10.2. The molecule has 0 spiro atoms. The molecular weight excluding hydrogens is 226 g/mol. The number of rotatable bonds is 10. The minimum atomic E-state index is 0.254. The van der Waals surface area contributed by atoms with Gasteiger partial charge in [0.05, 0.1) is 19.3 Å². The Kier molecular flexibility index (Phi) is 16.8. The van der Waals surface area contributed by atoms with Crippen molar-refractivity contribution < 1.29 is 9.47 Å². The van der Waals surface area contributed by atoms with E-state index in [4.69, 9.17) is 9.47 Å². The smallest absolute Gasteiger partial charge is 0.0805 e. The fraction of sp³-hybridized carbons (Fsp3) is 1.00. The van der Waals surface area contributed by atoms with Crippen molar-refractivity contribution in [2.24, 2.45) is 5.92 Å². The summed E-state index contributed by atoms with van der Waals surface area (Å²) in [5.41, 5.74) is 0. The second kappa shape index (κ2) is 14.9. The molecule has 0 saturated carbocycles. The largest absolute Gasteiger partial charge is 0.382 e. The van der Waals surface area contributed by atoms with E-state index in [2.05, 4.69) is 32.7 Å². The zero-order chi connectivity index (χ0) is 14.4. The van der Waals surface area contributed by atoms with Crippen LogP contribution in [0.4, 0.5) is 0 Å². The van der Waals surface area contributed by atoms with Crippen LogP contribution in [-0.2, 0) is 9.47 Å². The summed E-state index contributed by atoms with van der Waals surface area (Å²) in [6.07, 6.45) is 2.49. The summed E-state index contributed by atoms with van der Waals surface area (Å²) in [5.74, 6) is 0.586. The molecule has 0 rings (SSSR count). The Morgan fingerprint density at radius 3 is 2.17 bits per heavy atom. The van der Waals surface area contributed by atoms with Crippen LogP contribution in [0.15, 0.2) is 0 Å². The Morgan fingerprint density at radius 1 is 1.11 bits per heavy atom. The zero-order valence-electron chi connectivity index (χ0n) is 13.7. The van der Waals surface area contributed by atoms with Gasteiger partial charge in [0.15, 0.2) is 0 Å². The average molecular weight is 261 g/mol. The molecular formula is C15H35NO2. The minimum absolute atomic E-state index is 0.254. The lowest BCUT2D eigenvalue weighted by molar-refractivity contribution is -0.0196. The van der Waals surface area contributed by atoms with E-state index in [9.17, 15) is 0 Å². The molecule has 0 aromatic carbocycles. The van der Waals surface area contributed by atoms with Crippen LogP contribution in [-0.4, -0.2) is 51.5 Å². The average Bonchev–Trinajstić information content (AvgIpc) is 2.37. The molecule has 0 bridgehead atoms. The summed E-state index contributed by atoms with van der Waals surface area (Å²) in [4.78, 5) is 2.37. The van der Waals surface area contributed by atoms with Crippen LogP contribution < -0.4 is 0 Å². The summed E-state index contributed by atoms with van der Waals surface area (Å²) in [6, 6.07) is 0. The van der Waals surface area contributed by atoms with Gasteiger partial charge in [-0.05, 0) is 32.4 Å². The number of methoxy groups -OCH3 is 1. The molecule has 0 aliphatic carbocycles. The first-order valence-electron chi connectivity index (χ1n) is 7.43. The molecule has 0 fully saturated rings. The molecule has 0 amide bonds. The summed E-state index contributed by atoms with van der Waals surface area (Å²) >= 11 is 0. The SMILES string of the molecule is CC.CCCN(C)CC(C)COC(CC)COC. The first-order valence-corrected chi connectivity index (χ1v) is 7.43. The first-order chi connectivity index (χ1) is 8.63. The molecule has 0 N–H and O–H groups in total. The molecule has 0 radical (unpaired) electrons. The van der Waals surface area contributed by atoms with Crippen LogP contribution in [0.1, 0.15) is 47.5 Å². The molecule has 0 aromatic rings. The molecule has 0 aromatic heterocycles. The maximum atomic E-state index is 5.82. The van der Waals surface area contributed by atoms with Gasteiger partial charge in [-0.3, -0.25) is 0 Å². The van der Waals surface area contributed by atoms with Crippen molar-refractivity contribution in [2.45, 2.75) is 53.6 Å². The summed E-state index contributed by atoms with van der Waals surface area (Å²) in [5, 5.41) is 0. The molecule has 18 heavy (non-hydrogen) atoms. The second-order valence-corrected chi connectivity index (χ2v) is 4.69. The highest BCUT2D eigenvalue weighted by Gasteiger charge is 2.10. The van der Waals surface area contributed by atoms with Gasteiger partial charge in [0.2, 0.25) is 0 Å². The van der Waals surface area contributed by atoms with Gasteiger partial charge in [-0.1, -0.05) is 34.6 Å². The van der Waals surface area contributed by atoms with E-state index in [1.807, 2.05) is 13.8 Å². The Labute approximate surface area is 115 Å². The van der Waals surface area contributed by atoms with Crippen molar-refractivity contribution in [3.05, 3.63) is 0 Å². The van der Waals surface area contributed by atoms with Crippen LogP contribution in [0.2, 0.25) is 0 Å². The third kappa shape index (κ3) is 12.3. The van der Waals surface area contributed by atoms with Gasteiger partial charge in [0.25, 0.3) is 0 Å². The van der Waals surface area contributed by atoms with Crippen LogP contribution in [0, 0.1) is 5.92 Å². The lowest BCUT2D eigenvalue weighted by Crippen LogP contribution is -2.29. The zero-order valence-corrected chi connectivity index (χ0v) is 13.7. The number of ether oxygens (including phenoxy) is 2. The molecule has 3 heteroatoms. The number of hydrogen-bond acceptors (Lipinski definition) is 3. The maximum Gasteiger partial charge on any atom is 0.0805 e. The van der Waals surface area contributed by atoms with Crippen molar-refractivity contribution in [2.75, 3.05) is 40.5 Å². The van der Waals surface area contributed by atoms with Crippen molar-refractivity contribution >= 4 is 0 Å². The lowest BCUT2D eigenvalue weighted by Gasteiger charge is -2.23. The molecule has 0 aliphatic heterocycles. The Bertz CT molecular complexity index is 153. The third-order valence-electron chi connectivity index (χ3n) is 2.65. The number of hydrogen-bond donors (Lipinski definition) is 0. The van der Waals surface area contributed by atoms with Crippen molar-refractivity contribution in [1.82, 2.24) is 4.90 Å². The highest BCUT2D eigenvalue weighted by Crippen LogP contribution is 2.05. The van der Waals surface area contributed by atoms with Gasteiger partial charge in [-0.2, -0.15) is 0 Å². The number of nitrogens with zero attached hydrogens (tertiary/aromatic N) is 1. The fourth-order valence-electron chi connectivity index (χ4n) is 1.83. The minimum Gasteiger partial charge on any atom is -0.382 e. The van der Waals surface area contributed by atoms with Crippen LogP contribution in [0.3, 0.4) is 0 Å². The van der Waals surface area contributed by atoms with E-state index in [0.717, 1.165) is 19.6 Å². The van der Waals surface area contributed by atoms with Crippen LogP contribution >= 0.6 is 0 Å². The monoisotopic (exact) mass is 261 g/mol. The maximum absolute atomic E-state index is 5.82. The van der Waals surface area contributed by atoms with E-state index in [1.165, 1.54) is 13.0 Å². The predicted molar refractivity (Wildman–Crippen MR) is 80.2 cm³/mol. The molecule has 2 atom stereocenters. The molecule has 0 saturated heterocycles. The Balaban J connectivity index is 0. The predicted octanol–water partition coefficient (Wildman–Crippen LogP) is 3.43. The second-order valence-electron chi connectivity index (χ2n) is 4.69. The summed E-state index contributed by atoms with van der Waals surface area (Å²) < 4.78 is 10.9. The van der Waals surface area contributed by atoms with Crippen LogP contribution in [0.5, 0.6) is 0 Å². The molecule has 2 unspecified atom stereocenters. The molecule has 3 nitrogen and oxygen atoms in total. The first kappa shape index (κ1) is 20.2. The highest BCUT2D eigenvalue weighted by atomic mass is 16.5. The molecule has 0 heterocycles. The topological polar surface area (TPSA) is 21.7 Å². The fourth-order valence-corrected chi connectivity index (χ4v) is 1.83. The van der Waals surface area contributed by atoms with Crippen molar-refractivity contribution in [3.8, 4) is 0 Å². The van der Waals surface area contributed by atoms with E-state index in [1.54, 1.807) is 7.11 Å². The van der Waals surface area contributed by atoms with Crippen molar-refractivity contribution in [3.63, 3.8) is 0 Å². The van der Waals surface area contributed by atoms with Crippen LogP contribution in [0.25, 0.3) is 0 Å². The van der Waals surface area contributed by atoms with Gasteiger partial charge < -0.3 is 14.4 Å². The van der Waals surface area contributed by atoms with Gasteiger partial charge in [0.1, 0.15) is 0 Å². The van der Waals surface area contributed by atoms with Gasteiger partial charge >= 0.3 is 0 Å². The standard InChI is InChI=1S/C13H29NO2.C2H6/c1-6-8-14(4)9-12(3)10-16-13(7-2)11-15-5;1-2/h12-13H,6-11H2,1-5H3;1-2H3. The van der Waals surface area contributed by atoms with E-state index < -0.39 is 0 Å². The van der Waals surface area contributed by atoms with Crippen molar-refractivity contribution in [1.29, 1.82) is 0 Å². The van der Waals surface area contributed by atoms with Gasteiger partial charge in [-0.25, -0.2) is 0 Å². The Hall–Kier alpha value is -0.120. The highest BCUT2D eigenvalue weighted by molar-refractivity contribution is 4.60. The van der Waals surface area contributed by atoms with E-state index in [0.29, 0.717) is 12.5 Å². The van der Waals surface area contributed by atoms with E-state index >= 15 is 0 Å².